The molecule has 1 fully saturated rings. The van der Waals surface area contributed by atoms with Crippen LogP contribution in [0.2, 0.25) is 0 Å². The first-order chi connectivity index (χ1) is 5.61. The summed E-state index contributed by atoms with van der Waals surface area (Å²) < 4.78 is 0. The van der Waals surface area contributed by atoms with Gasteiger partial charge in [-0.3, -0.25) is 9.59 Å². The van der Waals surface area contributed by atoms with Gasteiger partial charge in [-0.2, -0.15) is 0 Å². The fraction of sp³-hybridized carbons (Fsp3) is 0.667. The largest absolute Gasteiger partial charge is 0.480 e. The van der Waals surface area contributed by atoms with Crippen LogP contribution >= 0.6 is 0 Å². The number of carbonyl (C=O) groups is 2. The summed E-state index contributed by atoms with van der Waals surface area (Å²) in [5.74, 6) is -1.93. The molecule has 1 aliphatic heterocycles. The summed E-state index contributed by atoms with van der Waals surface area (Å²) in [4.78, 5) is 20.8. The van der Waals surface area contributed by atoms with E-state index in [4.69, 9.17) is 10.2 Å². The zero-order valence-corrected chi connectivity index (χ0v) is 6.28. The molecule has 4 N–H and O–H groups in total. The minimum absolute atomic E-state index is 0.333. The topological polar surface area (TPSA) is 98.7 Å². The summed E-state index contributed by atoms with van der Waals surface area (Å²) in [6.07, 6.45) is 0.665. The van der Waals surface area contributed by atoms with Crippen LogP contribution in [-0.2, 0) is 9.59 Å². The first kappa shape index (κ1) is 8.95. The normalized spacial score (nSPS) is 29.7. The van der Waals surface area contributed by atoms with Gasteiger partial charge in [0.2, 0.25) is 0 Å². The average molecular weight is 174 g/mol. The molecule has 0 aliphatic carbocycles. The number of rotatable bonds is 2. The number of aliphatic carboxylic acids is 2. The number of carboxylic acid groups (broad SMARTS) is 2. The van der Waals surface area contributed by atoms with Gasteiger partial charge in [0, 0.05) is 0 Å². The number of hydrazine groups is 1. The van der Waals surface area contributed by atoms with Crippen LogP contribution in [0, 0.1) is 0 Å². The lowest BCUT2D eigenvalue weighted by Gasteiger charge is -2.25. The van der Waals surface area contributed by atoms with Crippen LogP contribution in [0.4, 0.5) is 0 Å². The average Bonchev–Trinajstić information content (AvgIpc) is 2.04. The highest BCUT2D eigenvalue weighted by Gasteiger charge is 2.28. The molecule has 1 aliphatic rings. The second kappa shape index (κ2) is 3.51. The molecule has 1 heterocycles. The van der Waals surface area contributed by atoms with E-state index in [0.717, 1.165) is 0 Å². The molecule has 0 radical (unpaired) electrons. The van der Waals surface area contributed by atoms with Gasteiger partial charge in [-0.1, -0.05) is 0 Å². The lowest BCUT2D eigenvalue weighted by molar-refractivity contribution is -0.145. The Labute approximate surface area is 68.5 Å². The Morgan fingerprint density at radius 2 is 1.33 bits per heavy atom. The molecule has 68 valence electrons. The Morgan fingerprint density at radius 1 is 1.00 bits per heavy atom. The van der Waals surface area contributed by atoms with E-state index >= 15 is 0 Å². The second-order valence-corrected chi connectivity index (χ2v) is 2.65. The van der Waals surface area contributed by atoms with Crippen molar-refractivity contribution in [2.45, 2.75) is 24.9 Å². The maximum atomic E-state index is 10.4. The van der Waals surface area contributed by atoms with Gasteiger partial charge >= 0.3 is 11.9 Å². The predicted octanol–water partition coefficient (Wildman–Crippen LogP) is -1.22. The van der Waals surface area contributed by atoms with Gasteiger partial charge in [-0.15, -0.1) is 0 Å². The third kappa shape index (κ3) is 1.93. The van der Waals surface area contributed by atoms with Gasteiger partial charge in [-0.05, 0) is 12.8 Å². The number of carboxylic acids is 2. The Bertz CT molecular complexity index is 176. The predicted molar refractivity (Wildman–Crippen MR) is 38.4 cm³/mol. The number of hydrogen-bond acceptors (Lipinski definition) is 4. The highest BCUT2D eigenvalue weighted by molar-refractivity contribution is 5.76. The molecule has 0 unspecified atom stereocenters. The third-order valence-corrected chi connectivity index (χ3v) is 1.77. The maximum absolute atomic E-state index is 10.4. The molecular formula is C6H10N2O4. The fourth-order valence-corrected chi connectivity index (χ4v) is 1.05. The molecule has 0 aromatic rings. The van der Waals surface area contributed by atoms with Crippen molar-refractivity contribution in [1.29, 1.82) is 0 Å². The molecule has 0 bridgehead atoms. The van der Waals surface area contributed by atoms with E-state index < -0.39 is 24.0 Å². The molecule has 0 spiro atoms. The molecule has 0 aromatic carbocycles. The molecular weight excluding hydrogens is 164 g/mol. The van der Waals surface area contributed by atoms with Crippen LogP contribution in [0.25, 0.3) is 0 Å². The fourth-order valence-electron chi connectivity index (χ4n) is 1.05. The number of hydrogen-bond donors (Lipinski definition) is 4. The maximum Gasteiger partial charge on any atom is 0.322 e. The van der Waals surface area contributed by atoms with Crippen molar-refractivity contribution in [1.82, 2.24) is 10.9 Å². The highest BCUT2D eigenvalue weighted by atomic mass is 16.4. The van der Waals surface area contributed by atoms with E-state index in [1.807, 2.05) is 0 Å². The van der Waals surface area contributed by atoms with E-state index in [-0.39, 0.29) is 0 Å². The summed E-state index contributed by atoms with van der Waals surface area (Å²) in [5, 5.41) is 17.0. The summed E-state index contributed by atoms with van der Waals surface area (Å²) in [7, 11) is 0. The highest BCUT2D eigenvalue weighted by Crippen LogP contribution is 2.06. The summed E-state index contributed by atoms with van der Waals surface area (Å²) in [6.45, 7) is 0. The molecule has 1 rings (SSSR count). The van der Waals surface area contributed by atoms with Crippen LogP contribution < -0.4 is 10.9 Å². The van der Waals surface area contributed by atoms with Crippen molar-refractivity contribution < 1.29 is 19.8 Å². The Morgan fingerprint density at radius 3 is 1.50 bits per heavy atom. The second-order valence-electron chi connectivity index (χ2n) is 2.65. The Hall–Kier alpha value is -1.14. The monoisotopic (exact) mass is 174 g/mol. The van der Waals surface area contributed by atoms with Gasteiger partial charge in [0.1, 0.15) is 12.1 Å². The van der Waals surface area contributed by atoms with Gasteiger partial charge in [0.05, 0.1) is 0 Å². The van der Waals surface area contributed by atoms with E-state index in [0.29, 0.717) is 12.8 Å². The Kier molecular flexibility index (Phi) is 2.61. The van der Waals surface area contributed by atoms with Gasteiger partial charge in [0.15, 0.2) is 0 Å². The summed E-state index contributed by atoms with van der Waals surface area (Å²) in [6, 6.07) is -1.36. The van der Waals surface area contributed by atoms with Gasteiger partial charge < -0.3 is 10.2 Å². The third-order valence-electron chi connectivity index (χ3n) is 1.77. The molecule has 0 aromatic heterocycles. The van der Waals surface area contributed by atoms with Crippen LogP contribution in [0.5, 0.6) is 0 Å². The van der Waals surface area contributed by atoms with Crippen molar-refractivity contribution >= 4 is 11.9 Å². The molecule has 0 amide bonds. The van der Waals surface area contributed by atoms with E-state index in [1.54, 1.807) is 0 Å². The first-order valence-electron chi connectivity index (χ1n) is 3.58. The molecule has 6 heteroatoms. The van der Waals surface area contributed by atoms with Crippen molar-refractivity contribution in [3.8, 4) is 0 Å². The van der Waals surface area contributed by atoms with Crippen molar-refractivity contribution in [2.75, 3.05) is 0 Å². The van der Waals surface area contributed by atoms with E-state index in [2.05, 4.69) is 10.9 Å². The van der Waals surface area contributed by atoms with E-state index in [9.17, 15) is 9.59 Å². The van der Waals surface area contributed by atoms with Crippen molar-refractivity contribution in [2.24, 2.45) is 0 Å². The SMILES string of the molecule is O=C(O)[C@@H]1CC[C@H](C(=O)O)NN1. The molecule has 12 heavy (non-hydrogen) atoms. The molecule has 0 saturated carbocycles. The van der Waals surface area contributed by atoms with Gasteiger partial charge in [0.25, 0.3) is 0 Å². The van der Waals surface area contributed by atoms with Gasteiger partial charge in [-0.25, -0.2) is 10.9 Å². The van der Waals surface area contributed by atoms with Crippen LogP contribution in [0.3, 0.4) is 0 Å². The Balaban J connectivity index is 2.39. The number of nitrogens with one attached hydrogen (secondary N) is 2. The first-order valence-corrected chi connectivity index (χ1v) is 3.58. The molecule has 2 atom stereocenters. The quantitative estimate of drug-likeness (QED) is 0.419. The van der Waals surface area contributed by atoms with Crippen molar-refractivity contribution in [3.05, 3.63) is 0 Å². The summed E-state index contributed by atoms with van der Waals surface area (Å²) >= 11 is 0. The zero-order chi connectivity index (χ0) is 9.14. The molecule has 1 saturated heterocycles. The lowest BCUT2D eigenvalue weighted by atomic mass is 10.0. The van der Waals surface area contributed by atoms with Crippen molar-refractivity contribution in [3.63, 3.8) is 0 Å². The minimum atomic E-state index is -0.966. The standard InChI is InChI=1S/C6H10N2O4/c9-5(10)3-1-2-4(6(11)12)8-7-3/h3-4,7-8H,1-2H2,(H,9,10)(H,11,12)/t3-,4+. The van der Waals surface area contributed by atoms with Crippen LogP contribution in [-0.4, -0.2) is 34.2 Å². The zero-order valence-electron chi connectivity index (χ0n) is 6.28. The summed E-state index contributed by atoms with van der Waals surface area (Å²) in [5.41, 5.74) is 4.84. The molecule has 6 nitrogen and oxygen atoms in total. The van der Waals surface area contributed by atoms with E-state index in [1.165, 1.54) is 0 Å². The lowest BCUT2D eigenvalue weighted by Crippen LogP contribution is -2.57. The minimum Gasteiger partial charge on any atom is -0.480 e. The van der Waals surface area contributed by atoms with Crippen LogP contribution in [0.15, 0.2) is 0 Å². The van der Waals surface area contributed by atoms with Crippen LogP contribution in [0.1, 0.15) is 12.8 Å². The smallest absolute Gasteiger partial charge is 0.322 e.